The molecule has 0 aliphatic carbocycles. The third kappa shape index (κ3) is 26.8. The summed E-state index contributed by atoms with van der Waals surface area (Å²) in [6.07, 6.45) is 23.8. The number of quaternary nitrogens is 1. The maximum atomic E-state index is 12.0. The standard InChI is InChI=1S/C29H60NO5P/c1-6-7-8-9-10-11-12-13-14-15-16-17-18-19-20-21-22-23-29(26-28(2)31)27-35-36(32,33)34-25-24-30(3,4)5/h29H,6-27H2,1-5H3. The smallest absolute Gasteiger partial charge is 0.268 e. The van der Waals surface area contributed by atoms with E-state index in [1.54, 1.807) is 6.92 Å². The number of carbonyl (C=O) groups is 1. The first kappa shape index (κ1) is 35.7. The van der Waals surface area contributed by atoms with E-state index >= 15 is 0 Å². The van der Waals surface area contributed by atoms with Crippen LogP contribution in [0.5, 0.6) is 0 Å². The molecule has 0 radical (unpaired) electrons. The molecule has 216 valence electrons. The number of likely N-dealkylation sites (N-methyl/N-ethyl adjacent to an activating group) is 1. The zero-order chi connectivity index (χ0) is 27.1. The number of unbranched alkanes of at least 4 members (excludes halogenated alkanes) is 16. The molecule has 0 aromatic heterocycles. The van der Waals surface area contributed by atoms with Crippen LogP contribution in [0.2, 0.25) is 0 Å². The van der Waals surface area contributed by atoms with Crippen molar-refractivity contribution in [3.8, 4) is 0 Å². The Morgan fingerprint density at radius 2 is 1.17 bits per heavy atom. The largest absolute Gasteiger partial charge is 0.756 e. The molecule has 0 aliphatic heterocycles. The van der Waals surface area contributed by atoms with Crippen molar-refractivity contribution < 1.29 is 27.8 Å². The summed E-state index contributed by atoms with van der Waals surface area (Å²) < 4.78 is 22.7. The van der Waals surface area contributed by atoms with Crippen LogP contribution in [0.3, 0.4) is 0 Å². The van der Waals surface area contributed by atoms with Crippen molar-refractivity contribution in [2.75, 3.05) is 40.9 Å². The molecule has 0 saturated heterocycles. The molecule has 7 heteroatoms. The molecule has 0 saturated carbocycles. The summed E-state index contributed by atoms with van der Waals surface area (Å²) >= 11 is 0. The lowest BCUT2D eigenvalue weighted by molar-refractivity contribution is -0.870. The summed E-state index contributed by atoms with van der Waals surface area (Å²) in [6.45, 7) is 4.53. The number of rotatable bonds is 27. The number of phosphoric acid groups is 1. The molecule has 0 aromatic carbocycles. The summed E-state index contributed by atoms with van der Waals surface area (Å²) in [5.74, 6) is 0.00497. The Morgan fingerprint density at radius 1 is 0.750 bits per heavy atom. The molecular formula is C29H60NO5P. The van der Waals surface area contributed by atoms with Crippen molar-refractivity contribution in [2.45, 2.75) is 136 Å². The third-order valence-corrected chi connectivity index (χ3v) is 7.74. The van der Waals surface area contributed by atoms with Crippen molar-refractivity contribution in [3.05, 3.63) is 0 Å². The van der Waals surface area contributed by atoms with Crippen LogP contribution in [0, 0.1) is 5.92 Å². The average molecular weight is 534 g/mol. The van der Waals surface area contributed by atoms with Gasteiger partial charge in [-0.05, 0) is 19.3 Å². The zero-order valence-electron chi connectivity index (χ0n) is 24.6. The number of nitrogens with zero attached hydrogens (tertiary/aromatic N) is 1. The second kappa shape index (κ2) is 22.7. The lowest BCUT2D eigenvalue weighted by Gasteiger charge is -2.28. The Balaban J connectivity index is 3.74. The van der Waals surface area contributed by atoms with Gasteiger partial charge in [-0.3, -0.25) is 4.57 Å². The van der Waals surface area contributed by atoms with Gasteiger partial charge < -0.3 is 23.2 Å². The highest BCUT2D eigenvalue weighted by Gasteiger charge is 2.18. The summed E-state index contributed by atoms with van der Waals surface area (Å²) in [4.78, 5) is 23.6. The van der Waals surface area contributed by atoms with Crippen molar-refractivity contribution in [2.24, 2.45) is 5.92 Å². The van der Waals surface area contributed by atoms with E-state index in [-0.39, 0.29) is 24.9 Å². The van der Waals surface area contributed by atoms with Crippen LogP contribution in [0.4, 0.5) is 0 Å². The third-order valence-electron chi connectivity index (χ3n) is 6.77. The Kier molecular flexibility index (Phi) is 22.5. The highest BCUT2D eigenvalue weighted by atomic mass is 31.2. The van der Waals surface area contributed by atoms with Crippen LogP contribution in [0.1, 0.15) is 136 Å². The number of Topliss-reactive ketones (excluding diaryl/α,β-unsaturated/α-hetero) is 1. The van der Waals surface area contributed by atoms with E-state index in [4.69, 9.17) is 9.05 Å². The molecule has 0 spiro atoms. The average Bonchev–Trinajstić information content (AvgIpc) is 2.78. The van der Waals surface area contributed by atoms with Crippen LogP contribution < -0.4 is 4.89 Å². The number of carbonyl (C=O) groups excluding carboxylic acids is 1. The summed E-state index contributed by atoms with van der Waals surface area (Å²) in [6, 6.07) is 0. The fourth-order valence-corrected chi connectivity index (χ4v) is 5.24. The van der Waals surface area contributed by atoms with E-state index in [2.05, 4.69) is 6.92 Å². The predicted octanol–water partition coefficient (Wildman–Crippen LogP) is 7.83. The highest BCUT2D eigenvalue weighted by Crippen LogP contribution is 2.39. The Bertz CT molecular complexity index is 564. The van der Waals surface area contributed by atoms with Gasteiger partial charge in [-0.1, -0.05) is 116 Å². The highest BCUT2D eigenvalue weighted by molar-refractivity contribution is 7.45. The van der Waals surface area contributed by atoms with E-state index in [0.29, 0.717) is 17.4 Å². The minimum absolute atomic E-state index is 0.0313. The molecule has 6 nitrogen and oxygen atoms in total. The van der Waals surface area contributed by atoms with Crippen LogP contribution >= 0.6 is 7.82 Å². The Hall–Kier alpha value is -0.260. The second-order valence-electron chi connectivity index (χ2n) is 11.8. The van der Waals surface area contributed by atoms with Gasteiger partial charge in [0.15, 0.2) is 0 Å². The maximum Gasteiger partial charge on any atom is 0.268 e. The molecule has 0 rings (SSSR count). The van der Waals surface area contributed by atoms with Gasteiger partial charge in [0.2, 0.25) is 0 Å². The molecule has 0 aliphatic rings. The Labute approximate surface area is 224 Å². The molecule has 0 N–H and O–H groups in total. The van der Waals surface area contributed by atoms with Crippen molar-refractivity contribution in [3.63, 3.8) is 0 Å². The van der Waals surface area contributed by atoms with Crippen molar-refractivity contribution in [1.29, 1.82) is 0 Å². The van der Waals surface area contributed by atoms with Gasteiger partial charge in [0.25, 0.3) is 7.82 Å². The van der Waals surface area contributed by atoms with Gasteiger partial charge in [0.05, 0.1) is 27.7 Å². The van der Waals surface area contributed by atoms with Crippen molar-refractivity contribution in [1.82, 2.24) is 0 Å². The molecule has 0 heterocycles. The molecule has 0 bridgehead atoms. The van der Waals surface area contributed by atoms with E-state index in [1.165, 1.54) is 96.3 Å². The zero-order valence-corrected chi connectivity index (χ0v) is 25.5. The van der Waals surface area contributed by atoms with Crippen molar-refractivity contribution >= 4 is 13.6 Å². The Morgan fingerprint density at radius 3 is 1.56 bits per heavy atom. The van der Waals surface area contributed by atoms with E-state index in [1.807, 2.05) is 21.1 Å². The molecular weight excluding hydrogens is 473 g/mol. The molecule has 2 atom stereocenters. The normalized spacial score (nSPS) is 14.6. The fraction of sp³-hybridized carbons (Fsp3) is 0.966. The first-order chi connectivity index (χ1) is 17.1. The van der Waals surface area contributed by atoms with Gasteiger partial charge in [-0.15, -0.1) is 0 Å². The minimum Gasteiger partial charge on any atom is -0.756 e. The molecule has 36 heavy (non-hydrogen) atoms. The van der Waals surface area contributed by atoms with E-state index in [0.717, 1.165) is 19.3 Å². The van der Waals surface area contributed by atoms with Gasteiger partial charge in [0.1, 0.15) is 18.9 Å². The van der Waals surface area contributed by atoms with Crippen LogP contribution in [-0.4, -0.2) is 51.2 Å². The van der Waals surface area contributed by atoms with Crippen LogP contribution in [-0.2, 0) is 18.4 Å². The summed E-state index contributed by atoms with van der Waals surface area (Å²) in [5.41, 5.74) is 0. The first-order valence-electron chi connectivity index (χ1n) is 15.0. The van der Waals surface area contributed by atoms with Crippen LogP contribution in [0.25, 0.3) is 0 Å². The summed E-state index contributed by atoms with van der Waals surface area (Å²) in [5, 5.41) is 0. The molecule has 0 fully saturated rings. The number of hydrogen-bond acceptors (Lipinski definition) is 5. The first-order valence-corrected chi connectivity index (χ1v) is 16.4. The van der Waals surface area contributed by atoms with Gasteiger partial charge >= 0.3 is 0 Å². The van der Waals surface area contributed by atoms with E-state index in [9.17, 15) is 14.3 Å². The number of phosphoric ester groups is 1. The maximum absolute atomic E-state index is 12.0. The lowest BCUT2D eigenvalue weighted by Crippen LogP contribution is -2.37. The molecule has 0 aromatic rings. The fourth-order valence-electron chi connectivity index (χ4n) is 4.47. The minimum atomic E-state index is -4.32. The SMILES string of the molecule is CCCCCCCCCCCCCCCCCCCC(COP(=O)([O-])OCC[N+](C)(C)C)CC(C)=O. The molecule has 0 amide bonds. The second-order valence-corrected chi connectivity index (χ2v) is 13.2. The topological polar surface area (TPSA) is 75.7 Å². The van der Waals surface area contributed by atoms with Gasteiger partial charge in [0, 0.05) is 6.42 Å². The quantitative estimate of drug-likeness (QED) is 0.0611. The van der Waals surface area contributed by atoms with Gasteiger partial charge in [-0.2, -0.15) is 0 Å². The number of ketones is 1. The predicted molar refractivity (Wildman–Crippen MR) is 150 cm³/mol. The summed E-state index contributed by atoms with van der Waals surface area (Å²) in [7, 11) is 1.60. The molecule has 2 unspecified atom stereocenters. The van der Waals surface area contributed by atoms with Crippen LogP contribution in [0.15, 0.2) is 0 Å². The number of hydrogen-bond donors (Lipinski definition) is 0. The van der Waals surface area contributed by atoms with Gasteiger partial charge in [-0.25, -0.2) is 0 Å². The lowest BCUT2D eigenvalue weighted by atomic mass is 9.96. The monoisotopic (exact) mass is 533 g/mol. The van der Waals surface area contributed by atoms with E-state index < -0.39 is 7.82 Å².